The molecular weight excluding hydrogens is 473 g/mol. The lowest BCUT2D eigenvalue weighted by atomic mass is 9.97. The van der Waals surface area contributed by atoms with Crippen molar-refractivity contribution in [2.75, 3.05) is 47.5 Å². The Morgan fingerprint density at radius 2 is 1.89 bits per heavy atom. The Labute approximate surface area is 184 Å². The number of carbonyl (C=O) groups is 1. The van der Waals surface area contributed by atoms with E-state index in [1.807, 2.05) is 25.1 Å². The normalized spacial score (nSPS) is 14.9. The van der Waals surface area contributed by atoms with Crippen LogP contribution in [0.5, 0.6) is 11.5 Å². The van der Waals surface area contributed by atoms with Gasteiger partial charge in [0, 0.05) is 26.7 Å². The molecule has 2 rings (SSSR count). The van der Waals surface area contributed by atoms with Crippen LogP contribution in [0, 0.1) is 5.92 Å². The number of likely N-dealkylation sites (tertiary alicyclic amines) is 1. The summed E-state index contributed by atoms with van der Waals surface area (Å²) >= 11 is 0. The summed E-state index contributed by atoms with van der Waals surface area (Å²) in [5.74, 6) is 2.27. The molecule has 1 aromatic rings. The second-order valence-electron chi connectivity index (χ2n) is 6.43. The van der Waals surface area contributed by atoms with Gasteiger partial charge in [-0.15, -0.1) is 24.0 Å². The highest BCUT2D eigenvalue weighted by molar-refractivity contribution is 14.0. The number of nitrogens with zero attached hydrogens (tertiary/aromatic N) is 2. The van der Waals surface area contributed by atoms with Gasteiger partial charge < -0.3 is 24.4 Å². The fourth-order valence-corrected chi connectivity index (χ4v) is 3.27. The number of methoxy groups -OCH3 is 2. The monoisotopic (exact) mass is 505 g/mol. The number of piperidine rings is 1. The minimum absolute atomic E-state index is 0. The average molecular weight is 505 g/mol. The molecular formula is C20H32IN3O4. The molecule has 0 aliphatic carbocycles. The molecule has 8 heteroatoms. The fourth-order valence-electron chi connectivity index (χ4n) is 3.27. The molecule has 0 amide bonds. The maximum atomic E-state index is 11.9. The van der Waals surface area contributed by atoms with Crippen molar-refractivity contribution in [3.05, 3.63) is 23.8 Å². The predicted octanol–water partition coefficient (Wildman–Crippen LogP) is 2.71. The molecule has 1 heterocycles. The van der Waals surface area contributed by atoms with Crippen LogP contribution in [0.4, 0.5) is 0 Å². The highest BCUT2D eigenvalue weighted by atomic mass is 127. The number of nitrogens with one attached hydrogen (secondary N) is 1. The van der Waals surface area contributed by atoms with Gasteiger partial charge in [0.15, 0.2) is 17.5 Å². The Kier molecular flexibility index (Phi) is 11.0. The van der Waals surface area contributed by atoms with Crippen molar-refractivity contribution in [1.82, 2.24) is 10.2 Å². The highest BCUT2D eigenvalue weighted by Gasteiger charge is 2.27. The average Bonchev–Trinajstić information content (AvgIpc) is 2.71. The van der Waals surface area contributed by atoms with Crippen molar-refractivity contribution in [2.24, 2.45) is 10.9 Å². The van der Waals surface area contributed by atoms with Crippen molar-refractivity contribution in [3.63, 3.8) is 0 Å². The lowest BCUT2D eigenvalue weighted by Crippen LogP contribution is -2.47. The number of hydrogen-bond acceptors (Lipinski definition) is 5. The Hall–Kier alpha value is -1.71. The third-order valence-electron chi connectivity index (χ3n) is 4.77. The Bertz CT molecular complexity index is 646. The zero-order chi connectivity index (χ0) is 19.6. The van der Waals surface area contributed by atoms with E-state index in [-0.39, 0.29) is 35.9 Å². The van der Waals surface area contributed by atoms with E-state index in [0.29, 0.717) is 6.61 Å². The summed E-state index contributed by atoms with van der Waals surface area (Å²) in [6, 6.07) is 5.95. The molecule has 1 aliphatic rings. The van der Waals surface area contributed by atoms with Crippen LogP contribution >= 0.6 is 24.0 Å². The van der Waals surface area contributed by atoms with Gasteiger partial charge in [0.05, 0.1) is 26.7 Å². The van der Waals surface area contributed by atoms with E-state index < -0.39 is 0 Å². The summed E-state index contributed by atoms with van der Waals surface area (Å²) in [7, 11) is 5.06. The first-order chi connectivity index (χ1) is 13.1. The van der Waals surface area contributed by atoms with E-state index in [2.05, 4.69) is 15.2 Å². The first-order valence-electron chi connectivity index (χ1n) is 9.46. The van der Waals surface area contributed by atoms with Crippen LogP contribution in [-0.4, -0.2) is 64.3 Å². The quantitative estimate of drug-likeness (QED) is 0.266. The number of carbonyl (C=O) groups excluding carboxylic acids is 1. The summed E-state index contributed by atoms with van der Waals surface area (Å²) in [6.07, 6.45) is 2.45. The van der Waals surface area contributed by atoms with E-state index in [4.69, 9.17) is 14.2 Å². The van der Waals surface area contributed by atoms with Gasteiger partial charge in [0.25, 0.3) is 0 Å². The maximum absolute atomic E-state index is 11.9. The summed E-state index contributed by atoms with van der Waals surface area (Å²) in [5.41, 5.74) is 1.16. The zero-order valence-electron chi connectivity index (χ0n) is 17.2. The van der Waals surface area contributed by atoms with Crippen molar-refractivity contribution in [1.29, 1.82) is 0 Å². The molecule has 0 bridgehead atoms. The molecule has 0 aromatic heterocycles. The zero-order valence-corrected chi connectivity index (χ0v) is 19.5. The standard InChI is InChI=1S/C20H31N3O4.HI/c1-5-27-19(24)16-9-12-23(13-10-16)20(21-2)22-11-8-15-6-7-17(25-3)18(14-15)26-4;/h6-7,14,16H,5,8-13H2,1-4H3,(H,21,22);1H. The number of benzene rings is 1. The number of halogens is 1. The summed E-state index contributed by atoms with van der Waals surface area (Å²) < 4.78 is 15.8. The second kappa shape index (κ2) is 12.7. The predicted molar refractivity (Wildman–Crippen MR) is 121 cm³/mol. The lowest BCUT2D eigenvalue weighted by molar-refractivity contribution is -0.149. The minimum atomic E-state index is -0.0754. The van der Waals surface area contributed by atoms with Gasteiger partial charge in [0.2, 0.25) is 0 Å². The molecule has 0 atom stereocenters. The molecule has 0 saturated carbocycles. The molecule has 1 fully saturated rings. The van der Waals surface area contributed by atoms with Gasteiger partial charge >= 0.3 is 5.97 Å². The Morgan fingerprint density at radius 1 is 1.21 bits per heavy atom. The largest absolute Gasteiger partial charge is 0.493 e. The molecule has 1 saturated heterocycles. The number of ether oxygens (including phenoxy) is 3. The first kappa shape index (κ1) is 24.3. The molecule has 158 valence electrons. The smallest absolute Gasteiger partial charge is 0.309 e. The summed E-state index contributed by atoms with van der Waals surface area (Å²) in [4.78, 5) is 18.4. The molecule has 28 heavy (non-hydrogen) atoms. The molecule has 7 nitrogen and oxygen atoms in total. The van der Waals surface area contributed by atoms with E-state index in [1.165, 1.54) is 0 Å². The van der Waals surface area contributed by atoms with Crippen molar-refractivity contribution < 1.29 is 19.0 Å². The summed E-state index contributed by atoms with van der Waals surface area (Å²) in [6.45, 7) is 4.66. The van der Waals surface area contributed by atoms with Gasteiger partial charge in [-0.05, 0) is 43.9 Å². The van der Waals surface area contributed by atoms with Gasteiger partial charge in [-0.3, -0.25) is 9.79 Å². The molecule has 1 aliphatic heterocycles. The highest BCUT2D eigenvalue weighted by Crippen LogP contribution is 2.27. The third-order valence-corrected chi connectivity index (χ3v) is 4.77. The van der Waals surface area contributed by atoms with Crippen LogP contribution in [0.25, 0.3) is 0 Å². The number of guanidine groups is 1. The molecule has 0 unspecified atom stereocenters. The third kappa shape index (κ3) is 6.72. The van der Waals surface area contributed by atoms with Crippen LogP contribution in [0.1, 0.15) is 25.3 Å². The van der Waals surface area contributed by atoms with E-state index in [1.54, 1.807) is 21.3 Å². The van der Waals surface area contributed by atoms with Crippen molar-refractivity contribution >= 4 is 35.9 Å². The SMILES string of the molecule is CCOC(=O)C1CCN(C(=NC)NCCc2ccc(OC)c(OC)c2)CC1.I. The Morgan fingerprint density at radius 3 is 2.46 bits per heavy atom. The molecule has 0 spiro atoms. The van der Waals surface area contributed by atoms with Crippen LogP contribution in [0.3, 0.4) is 0 Å². The second-order valence-corrected chi connectivity index (χ2v) is 6.43. The molecule has 1 N–H and O–H groups in total. The van der Waals surface area contributed by atoms with Crippen molar-refractivity contribution in [2.45, 2.75) is 26.2 Å². The van der Waals surface area contributed by atoms with Crippen molar-refractivity contribution in [3.8, 4) is 11.5 Å². The lowest BCUT2D eigenvalue weighted by Gasteiger charge is -2.33. The van der Waals surface area contributed by atoms with Crippen LogP contribution in [-0.2, 0) is 16.0 Å². The van der Waals surface area contributed by atoms with Gasteiger partial charge in [-0.25, -0.2) is 0 Å². The Balaban J connectivity index is 0.00000392. The van der Waals surface area contributed by atoms with E-state index >= 15 is 0 Å². The van der Waals surface area contributed by atoms with Gasteiger partial charge in [-0.2, -0.15) is 0 Å². The first-order valence-corrected chi connectivity index (χ1v) is 9.46. The number of hydrogen-bond donors (Lipinski definition) is 1. The minimum Gasteiger partial charge on any atom is -0.493 e. The van der Waals surface area contributed by atoms with E-state index in [0.717, 1.165) is 61.9 Å². The molecule has 0 radical (unpaired) electrons. The van der Waals surface area contributed by atoms with Gasteiger partial charge in [0.1, 0.15) is 0 Å². The number of esters is 1. The fraction of sp³-hybridized carbons (Fsp3) is 0.600. The molecule has 1 aromatic carbocycles. The van der Waals surface area contributed by atoms with Crippen LogP contribution in [0.15, 0.2) is 23.2 Å². The van der Waals surface area contributed by atoms with E-state index in [9.17, 15) is 4.79 Å². The topological polar surface area (TPSA) is 72.4 Å². The van der Waals surface area contributed by atoms with Gasteiger partial charge in [-0.1, -0.05) is 6.07 Å². The number of aliphatic imine (C=N–C) groups is 1. The number of rotatable bonds is 7. The van der Waals surface area contributed by atoms with Crippen LogP contribution < -0.4 is 14.8 Å². The maximum Gasteiger partial charge on any atom is 0.309 e. The van der Waals surface area contributed by atoms with Crippen LogP contribution in [0.2, 0.25) is 0 Å². The summed E-state index contributed by atoms with van der Waals surface area (Å²) in [5, 5.41) is 3.41.